The quantitative estimate of drug-likeness (QED) is 0.756. The molecule has 0 amide bonds. The molecule has 1 aromatic carbocycles. The van der Waals surface area contributed by atoms with Crippen LogP contribution in [0.1, 0.15) is 12.0 Å². The van der Waals surface area contributed by atoms with Gasteiger partial charge in [0.25, 0.3) is 0 Å². The van der Waals surface area contributed by atoms with Crippen molar-refractivity contribution in [2.24, 2.45) is 0 Å². The number of thiol groups is 1. The average molecular weight is 203 g/mol. The van der Waals surface area contributed by atoms with E-state index in [0.29, 0.717) is 0 Å². The van der Waals surface area contributed by atoms with Crippen molar-refractivity contribution in [3.8, 4) is 0 Å². The van der Waals surface area contributed by atoms with Crippen molar-refractivity contribution in [2.45, 2.75) is 12.8 Å². The van der Waals surface area contributed by atoms with Gasteiger partial charge in [-0.3, -0.25) is 4.98 Å². The zero-order valence-electron chi connectivity index (χ0n) is 7.98. The molecule has 2 rings (SSSR count). The number of hydrogen-bond donors (Lipinski definition) is 1. The van der Waals surface area contributed by atoms with Crippen molar-refractivity contribution in [1.82, 2.24) is 4.98 Å². The number of para-hydroxylation sites is 1. The molecule has 0 saturated carbocycles. The normalized spacial score (nSPS) is 10.6. The molecular formula is C12H13NS. The Bertz CT molecular complexity index is 425. The second-order valence-corrected chi connectivity index (χ2v) is 3.81. The van der Waals surface area contributed by atoms with Crippen LogP contribution in [0.25, 0.3) is 10.9 Å². The number of rotatable bonds is 3. The van der Waals surface area contributed by atoms with Crippen LogP contribution in [0.15, 0.2) is 36.5 Å². The third-order valence-corrected chi connectivity index (χ3v) is 2.59. The predicted octanol–water partition coefficient (Wildman–Crippen LogP) is 3.10. The standard InChI is InChI=1S/C12H13NS/c14-7-3-4-10-8-11-5-1-2-6-12(11)13-9-10/h1-2,5-6,8-9,14H,3-4,7H2. The van der Waals surface area contributed by atoms with E-state index in [2.05, 4.69) is 29.7 Å². The highest BCUT2D eigenvalue weighted by atomic mass is 32.1. The Morgan fingerprint density at radius 1 is 1.21 bits per heavy atom. The molecule has 0 aliphatic rings. The maximum Gasteiger partial charge on any atom is 0.0702 e. The van der Waals surface area contributed by atoms with Gasteiger partial charge in [-0.2, -0.15) is 12.6 Å². The molecule has 0 radical (unpaired) electrons. The molecule has 2 aromatic rings. The van der Waals surface area contributed by atoms with E-state index in [0.717, 1.165) is 24.1 Å². The maximum atomic E-state index is 4.41. The Morgan fingerprint density at radius 2 is 2.07 bits per heavy atom. The van der Waals surface area contributed by atoms with Gasteiger partial charge in [-0.25, -0.2) is 0 Å². The summed E-state index contributed by atoms with van der Waals surface area (Å²) >= 11 is 4.20. The molecule has 72 valence electrons. The molecule has 1 heterocycles. The minimum Gasteiger partial charge on any atom is -0.256 e. The van der Waals surface area contributed by atoms with Crippen molar-refractivity contribution in [2.75, 3.05) is 5.75 Å². The van der Waals surface area contributed by atoms with Gasteiger partial charge in [0.2, 0.25) is 0 Å². The van der Waals surface area contributed by atoms with Crippen LogP contribution in [0, 0.1) is 0 Å². The number of benzene rings is 1. The van der Waals surface area contributed by atoms with Crippen LogP contribution in [0.5, 0.6) is 0 Å². The highest BCUT2D eigenvalue weighted by Crippen LogP contribution is 2.13. The summed E-state index contributed by atoms with van der Waals surface area (Å²) in [6, 6.07) is 10.4. The van der Waals surface area contributed by atoms with Crippen LogP contribution in [0.3, 0.4) is 0 Å². The summed E-state index contributed by atoms with van der Waals surface area (Å²) in [5.41, 5.74) is 2.37. The molecule has 0 aliphatic carbocycles. The van der Waals surface area contributed by atoms with Crippen LogP contribution in [-0.4, -0.2) is 10.7 Å². The zero-order chi connectivity index (χ0) is 9.80. The smallest absolute Gasteiger partial charge is 0.0702 e. The number of fused-ring (bicyclic) bond motifs is 1. The Morgan fingerprint density at radius 3 is 2.93 bits per heavy atom. The van der Waals surface area contributed by atoms with Gasteiger partial charge in [-0.1, -0.05) is 18.2 Å². The molecule has 0 spiro atoms. The highest BCUT2D eigenvalue weighted by molar-refractivity contribution is 7.80. The second-order valence-electron chi connectivity index (χ2n) is 3.36. The number of pyridine rings is 1. The lowest BCUT2D eigenvalue weighted by atomic mass is 10.1. The van der Waals surface area contributed by atoms with E-state index in [1.165, 1.54) is 10.9 Å². The van der Waals surface area contributed by atoms with E-state index >= 15 is 0 Å². The number of aromatic nitrogens is 1. The van der Waals surface area contributed by atoms with Crippen LogP contribution in [0.4, 0.5) is 0 Å². The lowest BCUT2D eigenvalue weighted by Crippen LogP contribution is -1.88. The molecule has 0 bridgehead atoms. The topological polar surface area (TPSA) is 12.9 Å². The minimum absolute atomic E-state index is 0.937. The number of aryl methyl sites for hydroxylation is 1. The predicted molar refractivity (Wildman–Crippen MR) is 63.9 cm³/mol. The lowest BCUT2D eigenvalue weighted by molar-refractivity contribution is 0.931. The lowest BCUT2D eigenvalue weighted by Gasteiger charge is -2.01. The van der Waals surface area contributed by atoms with E-state index < -0.39 is 0 Å². The summed E-state index contributed by atoms with van der Waals surface area (Å²) in [6.45, 7) is 0. The Kier molecular flexibility index (Phi) is 3.04. The first-order chi connectivity index (χ1) is 6.90. The van der Waals surface area contributed by atoms with Gasteiger partial charge in [0.1, 0.15) is 0 Å². The molecule has 0 unspecified atom stereocenters. The second kappa shape index (κ2) is 4.47. The fourth-order valence-corrected chi connectivity index (χ4v) is 1.69. The van der Waals surface area contributed by atoms with Gasteiger partial charge in [-0.05, 0) is 36.3 Å². The Labute approximate surface area is 89.6 Å². The van der Waals surface area contributed by atoms with Gasteiger partial charge in [0, 0.05) is 11.6 Å². The van der Waals surface area contributed by atoms with Crippen molar-refractivity contribution in [3.05, 3.63) is 42.1 Å². The van der Waals surface area contributed by atoms with Crippen LogP contribution in [-0.2, 0) is 6.42 Å². The Balaban J connectivity index is 2.32. The van der Waals surface area contributed by atoms with Gasteiger partial charge in [0.05, 0.1) is 5.52 Å². The summed E-state index contributed by atoms with van der Waals surface area (Å²) < 4.78 is 0. The first kappa shape index (κ1) is 9.53. The first-order valence-electron chi connectivity index (χ1n) is 4.84. The zero-order valence-corrected chi connectivity index (χ0v) is 8.87. The van der Waals surface area contributed by atoms with Gasteiger partial charge < -0.3 is 0 Å². The van der Waals surface area contributed by atoms with Gasteiger partial charge in [-0.15, -0.1) is 0 Å². The minimum atomic E-state index is 0.937. The number of hydrogen-bond acceptors (Lipinski definition) is 2. The average Bonchev–Trinajstić information content (AvgIpc) is 2.26. The van der Waals surface area contributed by atoms with Gasteiger partial charge >= 0.3 is 0 Å². The van der Waals surface area contributed by atoms with E-state index in [1.54, 1.807) is 0 Å². The highest BCUT2D eigenvalue weighted by Gasteiger charge is 1.96. The third kappa shape index (κ3) is 2.07. The van der Waals surface area contributed by atoms with Crippen LogP contribution >= 0.6 is 12.6 Å². The van der Waals surface area contributed by atoms with Crippen molar-refractivity contribution in [1.29, 1.82) is 0 Å². The van der Waals surface area contributed by atoms with E-state index in [4.69, 9.17) is 0 Å². The van der Waals surface area contributed by atoms with Gasteiger partial charge in [0.15, 0.2) is 0 Å². The largest absolute Gasteiger partial charge is 0.256 e. The molecule has 0 aliphatic heterocycles. The summed E-state index contributed by atoms with van der Waals surface area (Å²) in [6.07, 6.45) is 4.15. The van der Waals surface area contributed by atoms with Crippen LogP contribution < -0.4 is 0 Å². The Hall–Kier alpha value is -1.02. The summed E-state index contributed by atoms with van der Waals surface area (Å²) in [5, 5.41) is 1.23. The molecule has 0 atom stereocenters. The van der Waals surface area contributed by atoms with Crippen LogP contribution in [0.2, 0.25) is 0 Å². The monoisotopic (exact) mass is 203 g/mol. The van der Waals surface area contributed by atoms with Crippen molar-refractivity contribution >= 4 is 23.5 Å². The molecule has 0 saturated heterocycles. The van der Waals surface area contributed by atoms with E-state index in [9.17, 15) is 0 Å². The molecule has 1 aromatic heterocycles. The SMILES string of the molecule is SCCCc1cnc2ccccc2c1. The molecular weight excluding hydrogens is 190 g/mol. The molecule has 0 fully saturated rings. The van der Waals surface area contributed by atoms with Crippen molar-refractivity contribution < 1.29 is 0 Å². The third-order valence-electron chi connectivity index (χ3n) is 2.27. The first-order valence-corrected chi connectivity index (χ1v) is 5.48. The fraction of sp³-hybridized carbons (Fsp3) is 0.250. The van der Waals surface area contributed by atoms with E-state index in [-0.39, 0.29) is 0 Å². The summed E-state index contributed by atoms with van der Waals surface area (Å²) in [5.74, 6) is 0.937. The van der Waals surface area contributed by atoms with Crippen molar-refractivity contribution in [3.63, 3.8) is 0 Å². The molecule has 14 heavy (non-hydrogen) atoms. The fourth-order valence-electron chi connectivity index (χ4n) is 1.54. The van der Waals surface area contributed by atoms with E-state index in [1.807, 2.05) is 24.4 Å². The number of nitrogens with zero attached hydrogens (tertiary/aromatic N) is 1. The molecule has 1 nitrogen and oxygen atoms in total. The molecule has 2 heteroatoms. The molecule has 0 N–H and O–H groups in total. The summed E-state index contributed by atoms with van der Waals surface area (Å²) in [4.78, 5) is 4.41. The maximum absolute atomic E-state index is 4.41. The summed E-state index contributed by atoms with van der Waals surface area (Å²) in [7, 11) is 0.